The molecule has 1 atom stereocenters. The predicted octanol–water partition coefficient (Wildman–Crippen LogP) is 2.32. The van der Waals surface area contributed by atoms with Crippen molar-refractivity contribution >= 4 is 21.4 Å². The highest BCUT2D eigenvalue weighted by Crippen LogP contribution is 2.34. The Hall–Kier alpha value is -0.430. The smallest absolute Gasteiger partial charge is 0.244 e. The Labute approximate surface area is 119 Å². The first kappa shape index (κ1) is 15.0. The lowest BCUT2D eigenvalue weighted by Gasteiger charge is -2.27. The summed E-state index contributed by atoms with van der Waals surface area (Å²) in [6.07, 6.45) is 1.90. The molecule has 2 rings (SSSR count). The zero-order chi connectivity index (χ0) is 14.2. The van der Waals surface area contributed by atoms with Gasteiger partial charge in [-0.3, -0.25) is 0 Å². The number of nitrogens with two attached hydrogens (primary N) is 1. The van der Waals surface area contributed by atoms with Crippen LogP contribution in [0.5, 0.6) is 0 Å². The van der Waals surface area contributed by atoms with Crippen LogP contribution >= 0.6 is 11.3 Å². The summed E-state index contributed by atoms with van der Waals surface area (Å²) in [5.74, 6) is 0.345. The molecule has 1 saturated heterocycles. The highest BCUT2D eigenvalue weighted by Gasteiger charge is 2.38. The fourth-order valence-electron chi connectivity index (χ4n) is 2.82. The molecule has 1 aromatic rings. The monoisotopic (exact) mass is 302 g/mol. The van der Waals surface area contributed by atoms with E-state index in [-0.39, 0.29) is 12.6 Å². The molecule has 0 radical (unpaired) electrons. The van der Waals surface area contributed by atoms with E-state index in [1.54, 1.807) is 4.31 Å². The van der Waals surface area contributed by atoms with Gasteiger partial charge in [0.15, 0.2) is 0 Å². The van der Waals surface area contributed by atoms with E-state index in [0.717, 1.165) is 23.3 Å². The van der Waals surface area contributed by atoms with E-state index in [1.165, 1.54) is 11.3 Å². The third-order valence-electron chi connectivity index (χ3n) is 3.76. The number of sulfonamides is 1. The summed E-state index contributed by atoms with van der Waals surface area (Å²) in [6.45, 7) is 6.94. The van der Waals surface area contributed by atoms with Crippen LogP contribution in [-0.2, 0) is 16.6 Å². The lowest BCUT2D eigenvalue weighted by molar-refractivity contribution is 0.315. The molecule has 0 aromatic carbocycles. The van der Waals surface area contributed by atoms with Gasteiger partial charge in [-0.05, 0) is 36.6 Å². The van der Waals surface area contributed by atoms with E-state index in [1.807, 2.05) is 12.3 Å². The van der Waals surface area contributed by atoms with Crippen LogP contribution in [0.4, 0.5) is 0 Å². The zero-order valence-corrected chi connectivity index (χ0v) is 13.4. The number of rotatable bonds is 4. The Morgan fingerprint density at radius 3 is 2.79 bits per heavy atom. The molecule has 6 heteroatoms. The lowest BCUT2D eigenvalue weighted by Crippen LogP contribution is -2.39. The van der Waals surface area contributed by atoms with Crippen LogP contribution in [0, 0.1) is 12.8 Å². The van der Waals surface area contributed by atoms with E-state index >= 15 is 0 Å². The van der Waals surface area contributed by atoms with Crippen LogP contribution in [0.15, 0.2) is 10.3 Å². The summed E-state index contributed by atoms with van der Waals surface area (Å²) in [7, 11) is -3.40. The second kappa shape index (κ2) is 5.52. The highest BCUT2D eigenvalue weighted by molar-refractivity contribution is 7.89. The number of hydrogen-bond acceptors (Lipinski definition) is 4. The first-order valence-electron chi connectivity index (χ1n) is 6.68. The van der Waals surface area contributed by atoms with Gasteiger partial charge in [0.2, 0.25) is 10.0 Å². The van der Waals surface area contributed by atoms with Crippen molar-refractivity contribution in [1.29, 1.82) is 0 Å². The van der Waals surface area contributed by atoms with Crippen molar-refractivity contribution in [2.45, 2.75) is 51.1 Å². The maximum absolute atomic E-state index is 12.9. The number of aryl methyl sites for hydroxylation is 1. The van der Waals surface area contributed by atoms with Crippen LogP contribution in [0.2, 0.25) is 0 Å². The van der Waals surface area contributed by atoms with Crippen molar-refractivity contribution in [3.8, 4) is 0 Å². The second-order valence-electron chi connectivity index (χ2n) is 5.44. The zero-order valence-electron chi connectivity index (χ0n) is 11.7. The SMILES string of the molecule is Cc1csc(CN)c1S(=O)(=O)N1CCCC1C(C)C. The van der Waals surface area contributed by atoms with E-state index in [9.17, 15) is 8.42 Å². The maximum Gasteiger partial charge on any atom is 0.244 e. The average Bonchev–Trinajstić information content (AvgIpc) is 2.94. The molecule has 1 unspecified atom stereocenters. The van der Waals surface area contributed by atoms with Crippen molar-refractivity contribution in [1.82, 2.24) is 4.31 Å². The molecule has 1 fully saturated rings. The molecule has 1 aliphatic heterocycles. The summed E-state index contributed by atoms with van der Waals surface area (Å²) in [6, 6.07) is 0.120. The van der Waals surface area contributed by atoms with Gasteiger partial charge >= 0.3 is 0 Å². The third-order valence-corrected chi connectivity index (χ3v) is 7.17. The van der Waals surface area contributed by atoms with Crippen LogP contribution in [0.3, 0.4) is 0 Å². The van der Waals surface area contributed by atoms with Gasteiger partial charge in [0.1, 0.15) is 4.90 Å². The molecule has 1 aromatic heterocycles. The molecule has 0 spiro atoms. The fraction of sp³-hybridized carbons (Fsp3) is 0.692. The van der Waals surface area contributed by atoms with Crippen LogP contribution < -0.4 is 5.73 Å². The largest absolute Gasteiger partial charge is 0.326 e. The molecule has 2 N–H and O–H groups in total. The Bertz CT molecular complexity index is 549. The van der Waals surface area contributed by atoms with Crippen LogP contribution in [-0.4, -0.2) is 25.3 Å². The fourth-order valence-corrected chi connectivity index (χ4v) is 6.30. The van der Waals surface area contributed by atoms with Gasteiger partial charge in [-0.2, -0.15) is 4.31 Å². The van der Waals surface area contributed by atoms with E-state index in [2.05, 4.69) is 13.8 Å². The molecular formula is C13H22N2O2S2. The molecule has 4 nitrogen and oxygen atoms in total. The minimum Gasteiger partial charge on any atom is -0.326 e. The van der Waals surface area contributed by atoms with Gasteiger partial charge < -0.3 is 5.73 Å². The Morgan fingerprint density at radius 2 is 2.21 bits per heavy atom. The maximum atomic E-state index is 12.9. The first-order valence-corrected chi connectivity index (χ1v) is 9.00. The second-order valence-corrected chi connectivity index (χ2v) is 8.24. The van der Waals surface area contributed by atoms with E-state index in [4.69, 9.17) is 5.73 Å². The molecule has 2 heterocycles. The molecule has 0 aliphatic carbocycles. The summed E-state index contributed by atoms with van der Waals surface area (Å²) < 4.78 is 27.5. The Kier molecular flexibility index (Phi) is 4.35. The molecule has 0 amide bonds. The molecule has 108 valence electrons. The summed E-state index contributed by atoms with van der Waals surface area (Å²) in [5, 5.41) is 1.88. The Balaban J connectivity index is 2.45. The summed E-state index contributed by atoms with van der Waals surface area (Å²) in [4.78, 5) is 1.22. The number of thiophene rings is 1. The van der Waals surface area contributed by atoms with Gasteiger partial charge in [0, 0.05) is 24.0 Å². The molecule has 1 aliphatic rings. The van der Waals surface area contributed by atoms with Gasteiger partial charge in [-0.25, -0.2) is 8.42 Å². The van der Waals surface area contributed by atoms with Crippen molar-refractivity contribution < 1.29 is 8.42 Å². The van der Waals surface area contributed by atoms with E-state index in [0.29, 0.717) is 17.4 Å². The van der Waals surface area contributed by atoms with Gasteiger partial charge in [-0.15, -0.1) is 11.3 Å². The average molecular weight is 302 g/mol. The van der Waals surface area contributed by atoms with E-state index < -0.39 is 10.0 Å². The lowest BCUT2D eigenvalue weighted by atomic mass is 10.0. The number of hydrogen-bond donors (Lipinski definition) is 1. The molecule has 0 bridgehead atoms. The van der Waals surface area contributed by atoms with Gasteiger partial charge in [-0.1, -0.05) is 13.8 Å². The van der Waals surface area contributed by atoms with Crippen molar-refractivity contribution in [3.05, 3.63) is 15.8 Å². The van der Waals surface area contributed by atoms with Crippen LogP contribution in [0.25, 0.3) is 0 Å². The molecule has 0 saturated carbocycles. The third kappa shape index (κ3) is 2.59. The quantitative estimate of drug-likeness (QED) is 0.928. The highest BCUT2D eigenvalue weighted by atomic mass is 32.2. The normalized spacial score (nSPS) is 21.4. The van der Waals surface area contributed by atoms with Gasteiger partial charge in [0.25, 0.3) is 0 Å². The van der Waals surface area contributed by atoms with Crippen LogP contribution in [0.1, 0.15) is 37.1 Å². The predicted molar refractivity (Wildman–Crippen MR) is 78.7 cm³/mol. The summed E-state index contributed by atoms with van der Waals surface area (Å²) >= 11 is 1.44. The minimum atomic E-state index is -3.40. The molecular weight excluding hydrogens is 280 g/mol. The standard InChI is InChI=1S/C13H22N2O2S2/c1-9(2)11-5-4-6-15(11)19(16,17)13-10(3)8-18-12(13)7-14/h8-9,11H,4-7,14H2,1-3H3. The van der Waals surface area contributed by atoms with Crippen molar-refractivity contribution in [2.24, 2.45) is 11.7 Å². The molecule has 19 heavy (non-hydrogen) atoms. The first-order chi connectivity index (χ1) is 8.89. The van der Waals surface area contributed by atoms with Crippen molar-refractivity contribution in [3.63, 3.8) is 0 Å². The minimum absolute atomic E-state index is 0.120. The number of nitrogens with zero attached hydrogens (tertiary/aromatic N) is 1. The topological polar surface area (TPSA) is 63.4 Å². The Morgan fingerprint density at radius 1 is 1.53 bits per heavy atom. The summed E-state index contributed by atoms with van der Waals surface area (Å²) in [5.41, 5.74) is 6.50. The van der Waals surface area contributed by atoms with Crippen molar-refractivity contribution in [2.75, 3.05) is 6.54 Å². The van der Waals surface area contributed by atoms with Gasteiger partial charge in [0.05, 0.1) is 0 Å².